The normalized spacial score (nSPS) is 16.7. The van der Waals surface area contributed by atoms with Crippen molar-refractivity contribution in [1.29, 1.82) is 0 Å². The Morgan fingerprint density at radius 2 is 1.97 bits per heavy atom. The molecule has 1 amide bonds. The fraction of sp³-hybridized carbons (Fsp3) is 0.450. The van der Waals surface area contributed by atoms with E-state index in [9.17, 15) is 23.1 Å². The van der Waals surface area contributed by atoms with E-state index >= 15 is 0 Å². The van der Waals surface area contributed by atoms with Crippen LogP contribution in [0.4, 0.5) is 13.2 Å². The van der Waals surface area contributed by atoms with Crippen molar-refractivity contribution in [1.82, 2.24) is 24.4 Å². The van der Waals surface area contributed by atoms with Gasteiger partial charge in [0.2, 0.25) is 16.7 Å². The van der Waals surface area contributed by atoms with Gasteiger partial charge in [0.05, 0.1) is 16.5 Å². The van der Waals surface area contributed by atoms with Gasteiger partial charge in [-0.05, 0) is 17.7 Å². The molecule has 0 unspecified atom stereocenters. The van der Waals surface area contributed by atoms with Crippen LogP contribution in [0.25, 0.3) is 4.96 Å². The maximum atomic E-state index is 13.4. The molecule has 7 nitrogen and oxygen atoms in total. The standard InChI is InChI=1S/C20H22F3N5O2S/c1-3-15-24-19-28(25-15)18(30)17(31-19)16(27-9-7-26(8-10-27)12(2)29)13-5-4-6-14(11-13)20(21,22)23/h4-6,11,16,30H,3,7-10H2,1-2H3/t16-/m0/s1. The smallest absolute Gasteiger partial charge is 0.416 e. The summed E-state index contributed by atoms with van der Waals surface area (Å²) in [6, 6.07) is 4.54. The molecule has 0 saturated carbocycles. The van der Waals surface area contributed by atoms with E-state index in [0.717, 1.165) is 12.1 Å². The topological polar surface area (TPSA) is 74.0 Å². The van der Waals surface area contributed by atoms with Gasteiger partial charge in [0.25, 0.3) is 0 Å². The van der Waals surface area contributed by atoms with Crippen LogP contribution in [0.15, 0.2) is 24.3 Å². The van der Waals surface area contributed by atoms with E-state index in [4.69, 9.17) is 0 Å². The summed E-state index contributed by atoms with van der Waals surface area (Å²) in [6.07, 6.45) is -3.87. The number of hydrogen-bond acceptors (Lipinski definition) is 6. The van der Waals surface area contributed by atoms with Crippen LogP contribution in [0.2, 0.25) is 0 Å². The van der Waals surface area contributed by atoms with Gasteiger partial charge in [0.1, 0.15) is 0 Å². The first kappa shape index (κ1) is 21.6. The largest absolute Gasteiger partial charge is 0.492 e. The van der Waals surface area contributed by atoms with Crippen molar-refractivity contribution >= 4 is 22.2 Å². The summed E-state index contributed by atoms with van der Waals surface area (Å²) < 4.78 is 41.4. The highest BCUT2D eigenvalue weighted by Crippen LogP contribution is 2.41. The van der Waals surface area contributed by atoms with E-state index in [1.54, 1.807) is 11.0 Å². The molecule has 0 bridgehead atoms. The van der Waals surface area contributed by atoms with Gasteiger partial charge in [-0.2, -0.15) is 17.7 Å². The van der Waals surface area contributed by atoms with Crippen molar-refractivity contribution in [2.24, 2.45) is 0 Å². The molecular weight excluding hydrogens is 431 g/mol. The van der Waals surface area contributed by atoms with Crippen molar-refractivity contribution in [3.63, 3.8) is 0 Å². The molecule has 1 aromatic carbocycles. The van der Waals surface area contributed by atoms with Crippen LogP contribution >= 0.6 is 11.3 Å². The Labute approximate surface area is 180 Å². The predicted molar refractivity (Wildman–Crippen MR) is 109 cm³/mol. The average Bonchev–Trinajstić information content (AvgIpc) is 3.27. The number of halogens is 3. The van der Waals surface area contributed by atoms with Gasteiger partial charge in [-0.3, -0.25) is 9.69 Å². The molecule has 4 rings (SSSR count). The van der Waals surface area contributed by atoms with E-state index in [0.29, 0.717) is 53.8 Å². The lowest BCUT2D eigenvalue weighted by atomic mass is 10.00. The molecule has 0 spiro atoms. The fourth-order valence-corrected chi connectivity index (χ4v) is 4.96. The maximum absolute atomic E-state index is 13.4. The number of thiazole rings is 1. The summed E-state index contributed by atoms with van der Waals surface area (Å²) >= 11 is 1.21. The number of aryl methyl sites for hydroxylation is 1. The third kappa shape index (κ3) is 4.11. The summed E-state index contributed by atoms with van der Waals surface area (Å²) in [7, 11) is 0. The highest BCUT2D eigenvalue weighted by Gasteiger charge is 2.35. The number of rotatable bonds is 4. The number of hydrogen-bond donors (Lipinski definition) is 1. The van der Waals surface area contributed by atoms with Crippen molar-refractivity contribution in [2.75, 3.05) is 26.2 Å². The first-order chi connectivity index (χ1) is 14.7. The van der Waals surface area contributed by atoms with Gasteiger partial charge in [-0.15, -0.1) is 5.10 Å². The number of aromatic hydroxyl groups is 1. The van der Waals surface area contributed by atoms with Crippen LogP contribution in [0, 0.1) is 0 Å². The summed E-state index contributed by atoms with van der Waals surface area (Å²) in [6.45, 7) is 5.26. The van der Waals surface area contributed by atoms with Crippen LogP contribution in [-0.2, 0) is 17.4 Å². The van der Waals surface area contributed by atoms with Crippen LogP contribution in [-0.4, -0.2) is 61.6 Å². The SMILES string of the molecule is CCc1nc2sc([C@H](c3cccc(C(F)(F)F)c3)N3CCN(C(C)=O)CC3)c(O)n2n1. The molecule has 1 fully saturated rings. The number of carbonyl (C=O) groups excluding carboxylic acids is 1. The zero-order valence-corrected chi connectivity index (χ0v) is 17.9. The zero-order valence-electron chi connectivity index (χ0n) is 17.1. The number of amides is 1. The molecule has 0 radical (unpaired) electrons. The predicted octanol–water partition coefficient (Wildman–Crippen LogP) is 3.33. The molecule has 166 valence electrons. The highest BCUT2D eigenvalue weighted by atomic mass is 32.1. The number of fused-ring (bicyclic) bond motifs is 1. The third-order valence-electron chi connectivity index (χ3n) is 5.46. The van der Waals surface area contributed by atoms with Crippen molar-refractivity contribution in [2.45, 2.75) is 32.5 Å². The van der Waals surface area contributed by atoms with Gasteiger partial charge in [-0.25, -0.2) is 4.98 Å². The minimum Gasteiger partial charge on any atom is -0.492 e. The second kappa shape index (κ2) is 8.12. The van der Waals surface area contributed by atoms with E-state index in [-0.39, 0.29) is 11.8 Å². The second-order valence-electron chi connectivity index (χ2n) is 7.43. The van der Waals surface area contributed by atoms with Crippen molar-refractivity contribution in [3.8, 4) is 5.88 Å². The van der Waals surface area contributed by atoms with Crippen molar-refractivity contribution in [3.05, 3.63) is 46.1 Å². The first-order valence-electron chi connectivity index (χ1n) is 9.93. The van der Waals surface area contributed by atoms with E-state index in [2.05, 4.69) is 10.1 Å². The minimum absolute atomic E-state index is 0.0380. The number of benzene rings is 1. The quantitative estimate of drug-likeness (QED) is 0.656. The summed E-state index contributed by atoms with van der Waals surface area (Å²) in [4.78, 5) is 20.7. The molecule has 1 saturated heterocycles. The Morgan fingerprint density at radius 1 is 1.26 bits per heavy atom. The summed E-state index contributed by atoms with van der Waals surface area (Å²) in [5, 5.41) is 15.2. The molecule has 0 aliphatic carbocycles. The molecular formula is C20H22F3N5O2S. The number of aromatic nitrogens is 3. The van der Waals surface area contributed by atoms with Crippen LogP contribution in [0.3, 0.4) is 0 Å². The lowest BCUT2D eigenvalue weighted by molar-refractivity contribution is -0.137. The molecule has 31 heavy (non-hydrogen) atoms. The van der Waals surface area contributed by atoms with Crippen LogP contribution in [0.1, 0.15) is 41.7 Å². The Morgan fingerprint density at radius 3 is 2.55 bits per heavy atom. The highest BCUT2D eigenvalue weighted by molar-refractivity contribution is 7.17. The van der Waals surface area contributed by atoms with Crippen LogP contribution < -0.4 is 0 Å². The Hall–Kier alpha value is -2.66. The Bertz CT molecular complexity index is 1100. The second-order valence-corrected chi connectivity index (χ2v) is 8.44. The van der Waals surface area contributed by atoms with Crippen molar-refractivity contribution < 1.29 is 23.1 Å². The minimum atomic E-state index is -4.47. The molecule has 1 aliphatic rings. The molecule has 1 aliphatic heterocycles. The molecule has 1 N–H and O–H groups in total. The third-order valence-corrected chi connectivity index (χ3v) is 6.54. The van der Waals surface area contributed by atoms with Gasteiger partial charge < -0.3 is 10.0 Å². The number of alkyl halides is 3. The average molecular weight is 453 g/mol. The lowest BCUT2D eigenvalue weighted by Gasteiger charge is -2.39. The van der Waals surface area contributed by atoms with E-state index in [1.165, 1.54) is 28.8 Å². The lowest BCUT2D eigenvalue weighted by Crippen LogP contribution is -2.49. The summed E-state index contributed by atoms with van der Waals surface area (Å²) in [5.74, 6) is 0.423. The fourth-order valence-electron chi connectivity index (χ4n) is 3.83. The molecule has 3 aromatic rings. The van der Waals surface area contributed by atoms with E-state index in [1.807, 2.05) is 11.8 Å². The Kier molecular flexibility index (Phi) is 5.65. The van der Waals surface area contributed by atoms with Gasteiger partial charge in [0.15, 0.2) is 5.82 Å². The molecule has 11 heteroatoms. The monoisotopic (exact) mass is 453 g/mol. The van der Waals surface area contributed by atoms with Gasteiger partial charge >= 0.3 is 6.18 Å². The first-order valence-corrected chi connectivity index (χ1v) is 10.7. The number of carbonyl (C=O) groups is 1. The molecule has 2 aromatic heterocycles. The summed E-state index contributed by atoms with van der Waals surface area (Å²) in [5.41, 5.74) is -0.328. The zero-order chi connectivity index (χ0) is 22.3. The maximum Gasteiger partial charge on any atom is 0.416 e. The van der Waals surface area contributed by atoms with Gasteiger partial charge in [-0.1, -0.05) is 30.4 Å². The van der Waals surface area contributed by atoms with E-state index < -0.39 is 17.8 Å². The Balaban J connectivity index is 1.78. The van der Waals surface area contributed by atoms with Gasteiger partial charge in [0, 0.05) is 39.5 Å². The molecule has 3 heterocycles. The molecule has 1 atom stereocenters. The van der Waals surface area contributed by atoms with Crippen LogP contribution in [0.5, 0.6) is 5.88 Å². The number of nitrogens with zero attached hydrogens (tertiary/aromatic N) is 5. The number of piperazine rings is 1.